The molecule has 3 nitrogen and oxygen atoms in total. The Morgan fingerprint density at radius 1 is 1.13 bits per heavy atom. The zero-order chi connectivity index (χ0) is 11.7. The Hall–Kier alpha value is -0.0551. The van der Waals surface area contributed by atoms with Gasteiger partial charge in [-0.2, -0.15) is 0 Å². The molecule has 1 saturated heterocycles. The van der Waals surface area contributed by atoms with Crippen LogP contribution in [0.15, 0.2) is 0 Å². The second kappa shape index (κ2) is 4.44. The molecule has 15 heavy (non-hydrogen) atoms. The number of nitrogens with two attached hydrogens (primary N) is 1. The molecule has 88 valence electrons. The third-order valence-corrected chi connectivity index (χ3v) is 3.56. The molecule has 0 aromatic rings. The number of hydrogen-bond donors (Lipinski definition) is 1. The van der Waals surface area contributed by atoms with Gasteiger partial charge in [0.2, 0.25) is 0 Å². The van der Waals surface area contributed by atoms with Crippen molar-refractivity contribution in [3.63, 3.8) is 0 Å². The Morgan fingerprint density at radius 2 is 1.60 bits per heavy atom. The van der Waals surface area contributed by atoms with Crippen molar-refractivity contribution in [3.8, 4) is 0 Å². The zero-order valence-corrected chi connectivity index (χ0v) is 10.7. The second-order valence-electron chi connectivity index (χ2n) is 5.60. The van der Waals surface area contributed by atoms with Gasteiger partial charge < -0.3 is 15.0 Å². The maximum atomic E-state index is 5.92. The first-order valence-electron chi connectivity index (χ1n) is 5.84. The normalized spacial score (nSPS) is 25.6. The molecule has 0 radical (unpaired) electrons. The standard InChI is InChI=1S/C11H24BNO2/c1-9(6-7-13)8-12-14-10(2,3)11(4,5)15-12/h9H,6-8,13H2,1-5H3. The van der Waals surface area contributed by atoms with Crippen LogP contribution >= 0.6 is 0 Å². The van der Waals surface area contributed by atoms with E-state index in [2.05, 4.69) is 34.6 Å². The van der Waals surface area contributed by atoms with Gasteiger partial charge in [0.1, 0.15) is 0 Å². The fourth-order valence-electron chi connectivity index (χ4n) is 1.79. The van der Waals surface area contributed by atoms with Crippen molar-refractivity contribution in [1.82, 2.24) is 0 Å². The van der Waals surface area contributed by atoms with E-state index in [1.165, 1.54) is 0 Å². The van der Waals surface area contributed by atoms with Crippen LogP contribution in [0, 0.1) is 5.92 Å². The molecular weight excluding hydrogens is 189 g/mol. The minimum atomic E-state index is -0.208. The fraction of sp³-hybridized carbons (Fsp3) is 1.00. The topological polar surface area (TPSA) is 44.5 Å². The highest BCUT2D eigenvalue weighted by Crippen LogP contribution is 2.38. The summed E-state index contributed by atoms with van der Waals surface area (Å²) in [5.41, 5.74) is 5.11. The van der Waals surface area contributed by atoms with E-state index in [0.29, 0.717) is 5.92 Å². The lowest BCUT2D eigenvalue weighted by Crippen LogP contribution is -2.41. The molecule has 1 aliphatic rings. The summed E-state index contributed by atoms with van der Waals surface area (Å²) in [4.78, 5) is 0. The summed E-state index contributed by atoms with van der Waals surface area (Å²) in [5.74, 6) is 0.560. The molecule has 1 atom stereocenters. The lowest BCUT2D eigenvalue weighted by atomic mass is 9.77. The third-order valence-electron chi connectivity index (χ3n) is 3.56. The van der Waals surface area contributed by atoms with Gasteiger partial charge in [-0.25, -0.2) is 0 Å². The van der Waals surface area contributed by atoms with E-state index in [9.17, 15) is 0 Å². The molecule has 1 fully saturated rings. The average Bonchev–Trinajstić information content (AvgIpc) is 2.19. The minimum Gasteiger partial charge on any atom is -0.403 e. The smallest absolute Gasteiger partial charge is 0.403 e. The van der Waals surface area contributed by atoms with Crippen molar-refractivity contribution >= 4 is 7.12 Å². The van der Waals surface area contributed by atoms with Crippen LogP contribution in [0.3, 0.4) is 0 Å². The quantitative estimate of drug-likeness (QED) is 0.727. The fourth-order valence-corrected chi connectivity index (χ4v) is 1.79. The SMILES string of the molecule is CC(CCN)CB1OC(C)(C)C(C)(C)O1. The third kappa shape index (κ3) is 2.96. The summed E-state index contributed by atoms with van der Waals surface area (Å²) in [6, 6.07) is 0. The van der Waals surface area contributed by atoms with Gasteiger partial charge >= 0.3 is 7.12 Å². The van der Waals surface area contributed by atoms with Gasteiger partial charge in [0.15, 0.2) is 0 Å². The summed E-state index contributed by atoms with van der Waals surface area (Å²) in [7, 11) is -0.0726. The maximum absolute atomic E-state index is 5.92. The van der Waals surface area contributed by atoms with Crippen molar-refractivity contribution in [3.05, 3.63) is 0 Å². The first kappa shape index (κ1) is 13.0. The molecule has 4 heteroatoms. The van der Waals surface area contributed by atoms with Gasteiger partial charge in [-0.05, 0) is 52.9 Å². The van der Waals surface area contributed by atoms with Gasteiger partial charge in [-0.1, -0.05) is 6.92 Å². The lowest BCUT2D eigenvalue weighted by Gasteiger charge is -2.32. The van der Waals surface area contributed by atoms with E-state index in [1.54, 1.807) is 0 Å². The average molecular weight is 213 g/mol. The van der Waals surface area contributed by atoms with Crippen LogP contribution in [0.25, 0.3) is 0 Å². The highest BCUT2D eigenvalue weighted by molar-refractivity contribution is 6.45. The summed E-state index contributed by atoms with van der Waals surface area (Å²) in [6.07, 6.45) is 1.97. The van der Waals surface area contributed by atoms with Crippen molar-refractivity contribution in [1.29, 1.82) is 0 Å². The maximum Gasteiger partial charge on any atom is 0.458 e. The van der Waals surface area contributed by atoms with Crippen LogP contribution in [0.1, 0.15) is 41.0 Å². The highest BCUT2D eigenvalue weighted by atomic mass is 16.7. The van der Waals surface area contributed by atoms with Crippen molar-refractivity contribution in [2.45, 2.75) is 58.6 Å². The summed E-state index contributed by atoms with van der Waals surface area (Å²) in [5, 5.41) is 0. The lowest BCUT2D eigenvalue weighted by molar-refractivity contribution is 0.00578. The van der Waals surface area contributed by atoms with Crippen LogP contribution in [-0.4, -0.2) is 24.9 Å². The number of rotatable bonds is 4. The second-order valence-corrected chi connectivity index (χ2v) is 5.60. The molecule has 0 spiro atoms. The van der Waals surface area contributed by atoms with Gasteiger partial charge in [-0.15, -0.1) is 0 Å². The first-order valence-corrected chi connectivity index (χ1v) is 5.84. The van der Waals surface area contributed by atoms with Gasteiger partial charge in [-0.3, -0.25) is 0 Å². The van der Waals surface area contributed by atoms with Crippen LogP contribution < -0.4 is 5.73 Å². The van der Waals surface area contributed by atoms with E-state index < -0.39 is 0 Å². The predicted octanol–water partition coefficient (Wildman–Crippen LogP) is 2.06. The predicted molar refractivity (Wildman–Crippen MR) is 63.7 cm³/mol. The van der Waals surface area contributed by atoms with Crippen molar-refractivity contribution in [2.24, 2.45) is 11.7 Å². The highest BCUT2D eigenvalue weighted by Gasteiger charge is 2.50. The molecule has 0 bridgehead atoms. The largest absolute Gasteiger partial charge is 0.458 e. The summed E-state index contributed by atoms with van der Waals surface area (Å²) >= 11 is 0. The Kier molecular flexibility index (Phi) is 3.85. The van der Waals surface area contributed by atoms with Crippen LogP contribution in [0.4, 0.5) is 0 Å². The Labute approximate surface area is 93.8 Å². The van der Waals surface area contributed by atoms with Crippen LogP contribution in [0.5, 0.6) is 0 Å². The monoisotopic (exact) mass is 213 g/mol. The van der Waals surface area contributed by atoms with Crippen LogP contribution in [-0.2, 0) is 9.31 Å². The van der Waals surface area contributed by atoms with E-state index >= 15 is 0 Å². The number of hydrogen-bond acceptors (Lipinski definition) is 3. The molecule has 0 aromatic heterocycles. The van der Waals surface area contributed by atoms with Crippen molar-refractivity contribution in [2.75, 3.05) is 6.54 Å². The Morgan fingerprint density at radius 3 is 2.00 bits per heavy atom. The van der Waals surface area contributed by atoms with E-state index in [-0.39, 0.29) is 18.3 Å². The van der Waals surface area contributed by atoms with E-state index in [0.717, 1.165) is 19.3 Å². The Bertz CT molecular complexity index is 203. The molecular formula is C11H24BNO2. The Balaban J connectivity index is 2.49. The molecule has 0 aliphatic carbocycles. The van der Waals surface area contributed by atoms with Crippen LogP contribution in [0.2, 0.25) is 6.32 Å². The summed E-state index contributed by atoms with van der Waals surface area (Å²) < 4.78 is 11.8. The van der Waals surface area contributed by atoms with Gasteiger partial charge in [0, 0.05) is 0 Å². The molecule has 0 amide bonds. The van der Waals surface area contributed by atoms with Gasteiger partial charge in [0.25, 0.3) is 0 Å². The van der Waals surface area contributed by atoms with Gasteiger partial charge in [0.05, 0.1) is 11.2 Å². The molecule has 1 aliphatic heterocycles. The summed E-state index contributed by atoms with van der Waals surface area (Å²) in [6.45, 7) is 11.3. The minimum absolute atomic E-state index is 0.0726. The molecule has 1 rings (SSSR count). The first-order chi connectivity index (χ1) is 6.78. The molecule has 1 unspecified atom stereocenters. The molecule has 2 N–H and O–H groups in total. The molecule has 1 heterocycles. The molecule has 0 aromatic carbocycles. The van der Waals surface area contributed by atoms with E-state index in [1.807, 2.05) is 0 Å². The van der Waals surface area contributed by atoms with E-state index in [4.69, 9.17) is 15.0 Å². The van der Waals surface area contributed by atoms with Crippen molar-refractivity contribution < 1.29 is 9.31 Å². The molecule has 0 saturated carbocycles. The zero-order valence-electron chi connectivity index (χ0n) is 10.7.